The van der Waals surface area contributed by atoms with Gasteiger partial charge in [-0.3, -0.25) is 0 Å². The third-order valence-corrected chi connectivity index (χ3v) is 5.51. The number of aliphatic hydroxyl groups excluding tert-OH is 2. The summed E-state index contributed by atoms with van der Waals surface area (Å²) in [5, 5.41) is 23.1. The van der Waals surface area contributed by atoms with Crippen molar-refractivity contribution in [2.45, 2.75) is 44.8 Å². The van der Waals surface area contributed by atoms with Crippen molar-refractivity contribution in [1.29, 1.82) is 0 Å². The van der Waals surface area contributed by atoms with Crippen molar-refractivity contribution in [2.75, 3.05) is 30.0 Å². The summed E-state index contributed by atoms with van der Waals surface area (Å²) < 4.78 is 2.02. The summed E-state index contributed by atoms with van der Waals surface area (Å²) in [6.45, 7) is 5.00. The standard InChI is InChI=1S/C21H28N6O2/c1-14(2)27-13-22-18-19(23-17(12-29)15-7-4-3-5-8-15)24-21(25-20(18)27)26-10-6-9-16(26)11-28/h3-5,7-8,13-14,16-17,28-29H,6,9-12H2,1-2H3,(H,23,24,25)/t16-,17?/m1/s1. The topological polar surface area (TPSA) is 99.3 Å². The third kappa shape index (κ3) is 3.77. The van der Waals surface area contributed by atoms with E-state index in [2.05, 4.69) is 29.0 Å². The van der Waals surface area contributed by atoms with Crippen molar-refractivity contribution in [3.05, 3.63) is 42.2 Å². The van der Waals surface area contributed by atoms with E-state index in [0.29, 0.717) is 17.3 Å². The molecule has 0 aliphatic carbocycles. The largest absolute Gasteiger partial charge is 0.394 e. The predicted molar refractivity (Wildman–Crippen MR) is 113 cm³/mol. The molecule has 0 spiro atoms. The molecule has 0 saturated carbocycles. The Morgan fingerprint density at radius 2 is 1.97 bits per heavy atom. The maximum atomic E-state index is 9.99. The average Bonchev–Trinajstić information content (AvgIpc) is 3.39. The van der Waals surface area contributed by atoms with E-state index in [4.69, 9.17) is 9.97 Å². The Morgan fingerprint density at radius 3 is 2.66 bits per heavy atom. The van der Waals surface area contributed by atoms with E-state index in [9.17, 15) is 10.2 Å². The van der Waals surface area contributed by atoms with Gasteiger partial charge < -0.3 is 25.0 Å². The van der Waals surface area contributed by atoms with Gasteiger partial charge in [-0.1, -0.05) is 30.3 Å². The normalized spacial score (nSPS) is 18.0. The smallest absolute Gasteiger partial charge is 0.229 e. The number of aliphatic hydroxyl groups is 2. The van der Waals surface area contributed by atoms with Crippen LogP contribution in [0.2, 0.25) is 0 Å². The van der Waals surface area contributed by atoms with Gasteiger partial charge in [0.15, 0.2) is 17.0 Å². The molecule has 1 aromatic carbocycles. The maximum absolute atomic E-state index is 9.99. The number of nitrogens with zero attached hydrogens (tertiary/aromatic N) is 5. The Kier molecular flexibility index (Phi) is 5.64. The number of hydrogen-bond donors (Lipinski definition) is 3. The molecule has 2 atom stereocenters. The number of fused-ring (bicyclic) bond motifs is 1. The molecule has 3 heterocycles. The number of nitrogens with one attached hydrogen (secondary N) is 1. The lowest BCUT2D eigenvalue weighted by Crippen LogP contribution is -2.33. The summed E-state index contributed by atoms with van der Waals surface area (Å²) in [6, 6.07) is 9.72. The van der Waals surface area contributed by atoms with Gasteiger partial charge in [0.05, 0.1) is 31.6 Å². The number of imidazole rings is 1. The zero-order chi connectivity index (χ0) is 20.4. The minimum absolute atomic E-state index is 0.0264. The Hall–Kier alpha value is -2.71. The van der Waals surface area contributed by atoms with E-state index in [1.165, 1.54) is 0 Å². The summed E-state index contributed by atoms with van der Waals surface area (Å²) in [6.07, 6.45) is 3.71. The fourth-order valence-electron chi connectivity index (χ4n) is 3.89. The molecule has 1 saturated heterocycles. The lowest BCUT2D eigenvalue weighted by Gasteiger charge is -2.24. The fourth-order valence-corrected chi connectivity index (χ4v) is 3.89. The zero-order valence-corrected chi connectivity index (χ0v) is 16.9. The van der Waals surface area contributed by atoms with Crippen molar-refractivity contribution < 1.29 is 10.2 Å². The molecule has 2 aromatic heterocycles. The molecule has 3 aromatic rings. The highest BCUT2D eigenvalue weighted by Crippen LogP contribution is 2.30. The molecule has 0 bridgehead atoms. The molecular formula is C21H28N6O2. The van der Waals surface area contributed by atoms with E-state index in [0.717, 1.165) is 30.6 Å². The highest BCUT2D eigenvalue weighted by molar-refractivity contribution is 5.84. The minimum atomic E-state index is -0.307. The van der Waals surface area contributed by atoms with Crippen molar-refractivity contribution in [2.24, 2.45) is 0 Å². The molecule has 8 heteroatoms. The van der Waals surface area contributed by atoms with E-state index in [1.807, 2.05) is 34.9 Å². The van der Waals surface area contributed by atoms with Gasteiger partial charge in [0.1, 0.15) is 0 Å². The first-order valence-electron chi connectivity index (χ1n) is 10.2. The van der Waals surface area contributed by atoms with Crippen LogP contribution in [0.15, 0.2) is 36.7 Å². The number of benzene rings is 1. The van der Waals surface area contributed by atoms with Gasteiger partial charge >= 0.3 is 0 Å². The quantitative estimate of drug-likeness (QED) is 0.564. The molecule has 29 heavy (non-hydrogen) atoms. The first-order valence-corrected chi connectivity index (χ1v) is 10.2. The number of hydrogen-bond acceptors (Lipinski definition) is 7. The molecule has 154 valence electrons. The summed E-state index contributed by atoms with van der Waals surface area (Å²) in [5.74, 6) is 1.18. The number of aromatic nitrogens is 4. The van der Waals surface area contributed by atoms with Gasteiger partial charge in [0.25, 0.3) is 0 Å². The summed E-state index contributed by atoms with van der Waals surface area (Å²) in [5.41, 5.74) is 2.40. The van der Waals surface area contributed by atoms with Crippen LogP contribution in [0.25, 0.3) is 11.2 Å². The number of anilines is 2. The van der Waals surface area contributed by atoms with E-state index < -0.39 is 0 Å². The van der Waals surface area contributed by atoms with Crippen LogP contribution in [0.4, 0.5) is 11.8 Å². The lowest BCUT2D eigenvalue weighted by molar-refractivity contribution is 0.265. The van der Waals surface area contributed by atoms with Crippen LogP contribution in [-0.2, 0) is 0 Å². The first kappa shape index (κ1) is 19.6. The third-order valence-electron chi connectivity index (χ3n) is 5.51. The van der Waals surface area contributed by atoms with Gasteiger partial charge in [-0.2, -0.15) is 9.97 Å². The van der Waals surface area contributed by atoms with Crippen molar-refractivity contribution in [3.63, 3.8) is 0 Å². The van der Waals surface area contributed by atoms with Crippen LogP contribution in [-0.4, -0.2) is 55.5 Å². The Labute approximate surface area is 170 Å². The van der Waals surface area contributed by atoms with Crippen molar-refractivity contribution in [1.82, 2.24) is 19.5 Å². The monoisotopic (exact) mass is 396 g/mol. The van der Waals surface area contributed by atoms with Gasteiger partial charge in [-0.25, -0.2) is 4.98 Å². The van der Waals surface area contributed by atoms with Crippen LogP contribution in [0.1, 0.15) is 44.3 Å². The van der Waals surface area contributed by atoms with Crippen molar-refractivity contribution in [3.8, 4) is 0 Å². The van der Waals surface area contributed by atoms with Gasteiger partial charge in [0, 0.05) is 12.6 Å². The minimum Gasteiger partial charge on any atom is -0.394 e. The SMILES string of the molecule is CC(C)n1cnc2c(NC(CO)c3ccccc3)nc(N3CCC[C@@H]3CO)nc21. The lowest BCUT2D eigenvalue weighted by atomic mass is 10.1. The molecule has 8 nitrogen and oxygen atoms in total. The summed E-state index contributed by atoms with van der Waals surface area (Å²) >= 11 is 0. The van der Waals surface area contributed by atoms with Crippen molar-refractivity contribution >= 4 is 22.9 Å². The molecule has 1 fully saturated rings. The van der Waals surface area contributed by atoms with Gasteiger partial charge in [0.2, 0.25) is 5.95 Å². The molecular weight excluding hydrogens is 368 g/mol. The number of rotatable bonds is 7. The van der Waals surface area contributed by atoms with E-state index >= 15 is 0 Å². The maximum Gasteiger partial charge on any atom is 0.229 e. The van der Waals surface area contributed by atoms with Crippen LogP contribution in [0.5, 0.6) is 0 Å². The molecule has 1 aliphatic heterocycles. The van der Waals surface area contributed by atoms with Crippen LogP contribution < -0.4 is 10.2 Å². The molecule has 0 amide bonds. The molecule has 3 N–H and O–H groups in total. The highest BCUT2D eigenvalue weighted by atomic mass is 16.3. The van der Waals surface area contributed by atoms with Crippen LogP contribution in [0, 0.1) is 0 Å². The predicted octanol–water partition coefficient (Wildman–Crippen LogP) is 2.51. The molecule has 0 radical (unpaired) electrons. The first-order chi connectivity index (χ1) is 14.1. The molecule has 4 rings (SSSR count). The highest BCUT2D eigenvalue weighted by Gasteiger charge is 2.28. The zero-order valence-electron chi connectivity index (χ0n) is 16.9. The summed E-state index contributed by atoms with van der Waals surface area (Å²) in [4.78, 5) is 16.2. The fraction of sp³-hybridized carbons (Fsp3) is 0.476. The Morgan fingerprint density at radius 1 is 1.17 bits per heavy atom. The van der Waals surface area contributed by atoms with E-state index in [1.54, 1.807) is 6.33 Å². The van der Waals surface area contributed by atoms with Gasteiger partial charge in [-0.15, -0.1) is 0 Å². The Bertz CT molecular complexity index is 958. The average molecular weight is 396 g/mol. The molecule has 1 aliphatic rings. The second-order valence-electron chi connectivity index (χ2n) is 7.75. The molecule has 1 unspecified atom stereocenters. The Balaban J connectivity index is 1.79. The van der Waals surface area contributed by atoms with Gasteiger partial charge in [-0.05, 0) is 32.3 Å². The van der Waals surface area contributed by atoms with E-state index in [-0.39, 0.29) is 31.3 Å². The van der Waals surface area contributed by atoms with Crippen LogP contribution in [0.3, 0.4) is 0 Å². The second-order valence-corrected chi connectivity index (χ2v) is 7.75. The van der Waals surface area contributed by atoms with Crippen LogP contribution >= 0.6 is 0 Å². The second kappa shape index (κ2) is 8.34. The summed E-state index contributed by atoms with van der Waals surface area (Å²) in [7, 11) is 0.